The number of H-pyrrole nitrogens is 1. The Hall–Kier alpha value is -2.71. The number of aromatic nitrogens is 1. The van der Waals surface area contributed by atoms with Crippen LogP contribution in [-0.2, 0) is 4.79 Å². The zero-order chi connectivity index (χ0) is 21.0. The fraction of sp³-hybridized carbons (Fsp3) is 0.278. The van der Waals surface area contributed by atoms with Crippen LogP contribution in [0.15, 0.2) is 18.2 Å². The minimum atomic E-state index is -1.16. The lowest BCUT2D eigenvalue weighted by atomic mass is 10.1. The maximum atomic E-state index is 12.5. The highest BCUT2D eigenvalue weighted by molar-refractivity contribution is 6.44. The molecule has 4 N–H and O–H groups in total. The molecule has 0 radical (unpaired) electrons. The average molecular weight is 428 g/mol. The van der Waals surface area contributed by atoms with Crippen molar-refractivity contribution in [2.24, 2.45) is 0 Å². The van der Waals surface area contributed by atoms with E-state index in [-0.39, 0.29) is 33.2 Å². The highest BCUT2D eigenvalue weighted by Gasteiger charge is 2.20. The Labute approximate surface area is 171 Å². The van der Waals surface area contributed by atoms with Crippen LogP contribution in [0.3, 0.4) is 0 Å². The first kappa shape index (κ1) is 21.6. The van der Waals surface area contributed by atoms with Crippen molar-refractivity contribution >= 4 is 46.7 Å². The molecule has 28 heavy (non-hydrogen) atoms. The summed E-state index contributed by atoms with van der Waals surface area (Å²) in [6.07, 6.45) is -0.237. The van der Waals surface area contributed by atoms with Crippen LogP contribution in [0.1, 0.15) is 40.4 Å². The van der Waals surface area contributed by atoms with Crippen molar-refractivity contribution in [3.05, 3.63) is 45.2 Å². The van der Waals surface area contributed by atoms with Crippen LogP contribution < -0.4 is 15.4 Å². The molecule has 1 heterocycles. The van der Waals surface area contributed by atoms with E-state index in [1.807, 2.05) is 0 Å². The number of halogens is 2. The van der Waals surface area contributed by atoms with Crippen LogP contribution in [0.2, 0.25) is 10.0 Å². The molecule has 0 spiro atoms. The van der Waals surface area contributed by atoms with Gasteiger partial charge in [-0.15, -0.1) is 0 Å². The van der Waals surface area contributed by atoms with Gasteiger partial charge in [-0.3, -0.25) is 14.4 Å². The Morgan fingerprint density at radius 3 is 2.39 bits per heavy atom. The predicted octanol–water partition coefficient (Wildman–Crippen LogP) is 3.48. The van der Waals surface area contributed by atoms with Gasteiger partial charge in [0.2, 0.25) is 0 Å². The summed E-state index contributed by atoms with van der Waals surface area (Å²) in [6.45, 7) is 4.74. The van der Waals surface area contributed by atoms with E-state index in [4.69, 9.17) is 33.0 Å². The van der Waals surface area contributed by atoms with Gasteiger partial charge in [0.1, 0.15) is 18.0 Å². The number of aliphatic carboxylic acids is 1. The third-order valence-corrected chi connectivity index (χ3v) is 4.48. The van der Waals surface area contributed by atoms with E-state index < -0.39 is 24.3 Å². The molecule has 0 unspecified atom stereocenters. The van der Waals surface area contributed by atoms with Gasteiger partial charge in [0, 0.05) is 11.3 Å². The Bertz CT molecular complexity index is 924. The third kappa shape index (κ3) is 5.17. The number of anilines is 1. The molecule has 0 aliphatic heterocycles. The number of nitrogens with one attached hydrogen (secondary N) is 3. The number of hydrogen-bond donors (Lipinski definition) is 4. The summed E-state index contributed by atoms with van der Waals surface area (Å²) in [5.41, 5.74) is 1.16. The number of carboxylic acid groups (broad SMARTS) is 1. The van der Waals surface area contributed by atoms with Gasteiger partial charge in [-0.2, -0.15) is 0 Å². The van der Waals surface area contributed by atoms with E-state index >= 15 is 0 Å². The quantitative estimate of drug-likeness (QED) is 0.538. The average Bonchev–Trinajstić information content (AvgIpc) is 2.88. The number of benzene rings is 1. The molecule has 1 aromatic heterocycles. The standard InChI is InChI=1S/C18H19Cl2N3O5/c1-8(2)28-12-6-10(17(26)21-7-13(24)25)4-5-11(12)23-18(27)16-15(20)14(19)9(3)22-16/h4-6,8,22H,7H2,1-3H3,(H,21,26)(H,23,27)(H,24,25). The van der Waals surface area contributed by atoms with Gasteiger partial charge in [-0.05, 0) is 39.0 Å². The molecule has 0 saturated heterocycles. The summed E-state index contributed by atoms with van der Waals surface area (Å²) in [5, 5.41) is 14.0. The lowest BCUT2D eigenvalue weighted by molar-refractivity contribution is -0.135. The predicted molar refractivity (Wildman–Crippen MR) is 106 cm³/mol. The van der Waals surface area contributed by atoms with Crippen molar-refractivity contribution in [2.75, 3.05) is 11.9 Å². The summed E-state index contributed by atoms with van der Waals surface area (Å²) in [7, 11) is 0. The first-order chi connectivity index (χ1) is 13.1. The van der Waals surface area contributed by atoms with Crippen molar-refractivity contribution in [3.8, 4) is 5.75 Å². The summed E-state index contributed by atoms with van der Waals surface area (Å²) in [5.74, 6) is -2.02. The Kier molecular flexibility index (Phi) is 6.93. The van der Waals surface area contributed by atoms with E-state index in [0.29, 0.717) is 11.4 Å². The molecule has 0 fully saturated rings. The molecule has 8 nitrogen and oxygen atoms in total. The number of aromatic amines is 1. The van der Waals surface area contributed by atoms with E-state index in [1.165, 1.54) is 18.2 Å². The number of aryl methyl sites for hydroxylation is 1. The Morgan fingerprint density at radius 2 is 1.86 bits per heavy atom. The van der Waals surface area contributed by atoms with Crippen LogP contribution in [0.4, 0.5) is 5.69 Å². The third-order valence-electron chi connectivity index (χ3n) is 3.54. The summed E-state index contributed by atoms with van der Waals surface area (Å²) in [6, 6.07) is 4.34. The second kappa shape index (κ2) is 8.99. The van der Waals surface area contributed by atoms with Crippen LogP contribution in [0, 0.1) is 6.92 Å². The van der Waals surface area contributed by atoms with E-state index in [1.54, 1.807) is 20.8 Å². The van der Waals surface area contributed by atoms with Crippen LogP contribution in [-0.4, -0.2) is 40.5 Å². The van der Waals surface area contributed by atoms with Crippen LogP contribution in [0.25, 0.3) is 0 Å². The zero-order valence-corrected chi connectivity index (χ0v) is 16.9. The Balaban J connectivity index is 2.29. The number of rotatable bonds is 7. The number of ether oxygens (including phenoxy) is 1. The van der Waals surface area contributed by atoms with Gasteiger partial charge < -0.3 is 25.5 Å². The summed E-state index contributed by atoms with van der Waals surface area (Å²) < 4.78 is 5.68. The van der Waals surface area contributed by atoms with E-state index in [9.17, 15) is 14.4 Å². The molecule has 0 aliphatic carbocycles. The van der Waals surface area contributed by atoms with Gasteiger partial charge in [0.25, 0.3) is 11.8 Å². The maximum Gasteiger partial charge on any atom is 0.322 e. The number of hydrogen-bond acceptors (Lipinski definition) is 4. The maximum absolute atomic E-state index is 12.5. The molecule has 0 saturated carbocycles. The van der Waals surface area contributed by atoms with Gasteiger partial charge >= 0.3 is 5.97 Å². The largest absolute Gasteiger partial charge is 0.489 e. The lowest BCUT2D eigenvalue weighted by Gasteiger charge is -2.16. The minimum Gasteiger partial charge on any atom is -0.489 e. The first-order valence-corrected chi connectivity index (χ1v) is 9.01. The van der Waals surface area contributed by atoms with Crippen LogP contribution >= 0.6 is 23.2 Å². The van der Waals surface area contributed by atoms with Crippen molar-refractivity contribution < 1.29 is 24.2 Å². The fourth-order valence-corrected chi connectivity index (χ4v) is 2.71. The molecule has 0 aliphatic rings. The van der Waals surface area contributed by atoms with Gasteiger partial charge in [-0.1, -0.05) is 23.2 Å². The molecular weight excluding hydrogens is 409 g/mol. The highest BCUT2D eigenvalue weighted by Crippen LogP contribution is 2.31. The first-order valence-electron chi connectivity index (χ1n) is 8.25. The number of carbonyl (C=O) groups excluding carboxylic acids is 2. The highest BCUT2D eigenvalue weighted by atomic mass is 35.5. The summed E-state index contributed by atoms with van der Waals surface area (Å²) >= 11 is 12.1. The smallest absolute Gasteiger partial charge is 0.322 e. The molecule has 2 aromatic rings. The van der Waals surface area contributed by atoms with Crippen molar-refractivity contribution in [1.82, 2.24) is 10.3 Å². The number of amides is 2. The van der Waals surface area contributed by atoms with Gasteiger partial charge in [0.05, 0.1) is 21.8 Å². The molecule has 1 aromatic carbocycles. The molecule has 10 heteroatoms. The van der Waals surface area contributed by atoms with E-state index in [2.05, 4.69) is 15.6 Å². The minimum absolute atomic E-state index is 0.0999. The molecule has 150 valence electrons. The van der Waals surface area contributed by atoms with E-state index in [0.717, 1.165) is 0 Å². The van der Waals surface area contributed by atoms with Crippen molar-refractivity contribution in [1.29, 1.82) is 0 Å². The zero-order valence-electron chi connectivity index (χ0n) is 15.4. The fourth-order valence-electron chi connectivity index (χ4n) is 2.29. The molecule has 2 rings (SSSR count). The van der Waals surface area contributed by atoms with Gasteiger partial charge in [0.15, 0.2) is 0 Å². The molecule has 2 amide bonds. The SMILES string of the molecule is Cc1[nH]c(C(=O)Nc2ccc(C(=O)NCC(=O)O)cc2OC(C)C)c(Cl)c1Cl. The molecular formula is C18H19Cl2N3O5. The second-order valence-corrected chi connectivity index (χ2v) is 6.92. The number of carboxylic acids is 1. The van der Waals surface area contributed by atoms with Gasteiger partial charge in [-0.25, -0.2) is 0 Å². The van der Waals surface area contributed by atoms with Crippen LogP contribution in [0.5, 0.6) is 5.75 Å². The monoisotopic (exact) mass is 427 g/mol. The Morgan fingerprint density at radius 1 is 1.18 bits per heavy atom. The topological polar surface area (TPSA) is 121 Å². The normalized spacial score (nSPS) is 10.6. The number of carbonyl (C=O) groups is 3. The van der Waals surface area contributed by atoms with Crippen molar-refractivity contribution in [2.45, 2.75) is 26.9 Å². The molecule has 0 bridgehead atoms. The van der Waals surface area contributed by atoms with Crippen molar-refractivity contribution in [3.63, 3.8) is 0 Å². The summed E-state index contributed by atoms with van der Waals surface area (Å²) in [4.78, 5) is 38.0. The lowest BCUT2D eigenvalue weighted by Crippen LogP contribution is -2.29. The second-order valence-electron chi connectivity index (χ2n) is 6.16. The molecule has 0 atom stereocenters.